The van der Waals surface area contributed by atoms with Crippen LogP contribution in [-0.4, -0.2) is 34.3 Å². The minimum absolute atomic E-state index is 0.225. The Labute approximate surface area is 253 Å². The summed E-state index contributed by atoms with van der Waals surface area (Å²) in [5, 5.41) is 1.06. The number of esters is 1. The van der Waals surface area contributed by atoms with Crippen molar-refractivity contribution in [2.24, 2.45) is 0 Å². The Morgan fingerprint density at radius 3 is 2.50 bits per heavy atom. The molecule has 1 fully saturated rings. The summed E-state index contributed by atoms with van der Waals surface area (Å²) in [4.78, 5) is 28.3. The van der Waals surface area contributed by atoms with E-state index in [0.29, 0.717) is 50.6 Å². The summed E-state index contributed by atoms with van der Waals surface area (Å²) >= 11 is 19.0. The lowest BCUT2D eigenvalue weighted by Crippen LogP contribution is -2.38. The Bertz CT molecular complexity index is 1430. The summed E-state index contributed by atoms with van der Waals surface area (Å²) in [5.41, 5.74) is 2.12. The van der Waals surface area contributed by atoms with E-state index in [2.05, 4.69) is 0 Å². The predicted octanol–water partition coefficient (Wildman–Crippen LogP) is 7.87. The summed E-state index contributed by atoms with van der Waals surface area (Å²) in [5.74, 6) is 0.155. The van der Waals surface area contributed by atoms with Gasteiger partial charge < -0.3 is 14.2 Å². The minimum Gasteiger partial charge on any atom is -0.490 e. The lowest BCUT2D eigenvalue weighted by atomic mass is 10.1. The fourth-order valence-corrected chi connectivity index (χ4v) is 5.73. The lowest BCUT2D eigenvalue weighted by molar-refractivity contribution is -0.151. The summed E-state index contributed by atoms with van der Waals surface area (Å²) in [6.45, 7) is 4.68. The highest BCUT2D eigenvalue weighted by Crippen LogP contribution is 2.40. The topological polar surface area (TPSA) is 65.1 Å². The van der Waals surface area contributed by atoms with Crippen LogP contribution in [0.1, 0.15) is 43.0 Å². The average molecular weight is 617 g/mol. The predicted molar refractivity (Wildman–Crippen MR) is 164 cm³/mol. The molecule has 1 heterocycles. The van der Waals surface area contributed by atoms with Gasteiger partial charge in [0.05, 0.1) is 18.1 Å². The fourth-order valence-electron chi connectivity index (χ4n) is 3.96. The Hall–Kier alpha value is -3.04. The maximum absolute atomic E-state index is 13.6. The molecule has 40 heavy (non-hydrogen) atoms. The van der Waals surface area contributed by atoms with E-state index in [1.54, 1.807) is 42.5 Å². The van der Waals surface area contributed by atoms with Crippen molar-refractivity contribution in [3.8, 4) is 11.5 Å². The first kappa shape index (κ1) is 29.9. The van der Waals surface area contributed by atoms with Gasteiger partial charge in [0.25, 0.3) is 5.91 Å². The second-order valence-corrected chi connectivity index (χ2v) is 11.2. The van der Waals surface area contributed by atoms with Gasteiger partial charge >= 0.3 is 5.97 Å². The minimum atomic E-state index is -0.972. The maximum atomic E-state index is 13.6. The molecule has 0 spiro atoms. The number of nitrogens with zero attached hydrogens (tertiary/aromatic N) is 1. The highest BCUT2D eigenvalue weighted by Gasteiger charge is 2.42. The number of ether oxygens (including phenoxy) is 3. The first-order valence-corrected chi connectivity index (χ1v) is 14.6. The van der Waals surface area contributed by atoms with Crippen molar-refractivity contribution in [3.05, 3.63) is 98.4 Å². The second-order valence-electron chi connectivity index (χ2n) is 8.70. The quantitative estimate of drug-likeness (QED) is 0.123. The van der Waals surface area contributed by atoms with Gasteiger partial charge in [-0.2, -0.15) is 0 Å². The van der Waals surface area contributed by atoms with Crippen LogP contribution >= 0.6 is 47.2 Å². The molecular formula is C30H27Cl2NO5S2. The lowest BCUT2D eigenvalue weighted by Gasteiger charge is -2.25. The normalized spacial score (nSPS) is 14.9. The van der Waals surface area contributed by atoms with Crippen molar-refractivity contribution in [3.63, 3.8) is 0 Å². The Morgan fingerprint density at radius 2 is 1.80 bits per heavy atom. The molecule has 1 amide bonds. The fraction of sp³-hybridized carbons (Fsp3) is 0.233. The highest BCUT2D eigenvalue weighted by molar-refractivity contribution is 8.26. The molecule has 3 aromatic rings. The van der Waals surface area contributed by atoms with Gasteiger partial charge in [-0.1, -0.05) is 96.6 Å². The van der Waals surface area contributed by atoms with E-state index in [0.717, 1.165) is 17.3 Å². The largest absolute Gasteiger partial charge is 0.490 e. The van der Waals surface area contributed by atoms with Crippen LogP contribution in [0, 0.1) is 0 Å². The standard InChI is InChI=1S/C30H27Cl2NO5S2/c1-3-14-37-29(35)27(20-8-6-5-7-9-20)33-28(34)26(40-30(33)39)16-19-10-13-24(25(15-19)36-4-2)38-18-21-11-12-22(31)17-23(21)32/h5-13,15-17,27H,3-4,14,18H2,1-2H3/b26-16-. The molecule has 10 heteroatoms. The van der Waals surface area contributed by atoms with E-state index >= 15 is 0 Å². The number of hydrogen-bond donors (Lipinski definition) is 0. The molecule has 1 saturated heterocycles. The molecule has 6 nitrogen and oxygen atoms in total. The van der Waals surface area contributed by atoms with Gasteiger partial charge in [0, 0.05) is 15.6 Å². The van der Waals surface area contributed by atoms with Crippen LogP contribution in [0.5, 0.6) is 11.5 Å². The van der Waals surface area contributed by atoms with Crippen molar-refractivity contribution < 1.29 is 23.8 Å². The zero-order valence-corrected chi connectivity index (χ0v) is 25.0. The van der Waals surface area contributed by atoms with Crippen LogP contribution in [0.2, 0.25) is 10.0 Å². The third-order valence-electron chi connectivity index (χ3n) is 5.83. The van der Waals surface area contributed by atoms with Gasteiger partial charge in [0.15, 0.2) is 17.5 Å². The highest BCUT2D eigenvalue weighted by atomic mass is 35.5. The molecule has 1 unspecified atom stereocenters. The molecule has 4 rings (SSSR count). The van der Waals surface area contributed by atoms with Crippen LogP contribution in [-0.2, 0) is 20.9 Å². The van der Waals surface area contributed by atoms with Crippen LogP contribution < -0.4 is 9.47 Å². The van der Waals surface area contributed by atoms with Crippen molar-refractivity contribution in [1.29, 1.82) is 0 Å². The first-order chi connectivity index (χ1) is 19.3. The molecule has 0 aliphatic carbocycles. The summed E-state index contributed by atoms with van der Waals surface area (Å²) in [7, 11) is 0. The summed E-state index contributed by atoms with van der Waals surface area (Å²) in [6, 6.07) is 18.7. The number of rotatable bonds is 11. The summed E-state index contributed by atoms with van der Waals surface area (Å²) in [6.07, 6.45) is 2.39. The number of halogens is 2. The van der Waals surface area contributed by atoms with Crippen LogP contribution in [0.15, 0.2) is 71.6 Å². The van der Waals surface area contributed by atoms with E-state index in [1.165, 1.54) is 4.90 Å². The van der Waals surface area contributed by atoms with Gasteiger partial charge in [-0.05, 0) is 54.8 Å². The number of hydrogen-bond acceptors (Lipinski definition) is 7. The van der Waals surface area contributed by atoms with Crippen molar-refractivity contribution in [1.82, 2.24) is 4.90 Å². The smallest absolute Gasteiger partial charge is 0.333 e. The molecule has 1 atom stereocenters. The molecule has 0 aromatic heterocycles. The molecule has 208 valence electrons. The van der Waals surface area contributed by atoms with E-state index in [9.17, 15) is 9.59 Å². The molecule has 0 N–H and O–H groups in total. The number of carbonyl (C=O) groups is 2. The molecule has 1 aliphatic rings. The number of carbonyl (C=O) groups excluding carboxylic acids is 2. The van der Waals surface area contributed by atoms with Gasteiger partial charge in [0.1, 0.15) is 10.9 Å². The van der Waals surface area contributed by atoms with Crippen molar-refractivity contribution in [2.45, 2.75) is 32.9 Å². The number of amides is 1. The second kappa shape index (κ2) is 14.0. The van der Waals surface area contributed by atoms with Crippen LogP contribution in [0.3, 0.4) is 0 Å². The van der Waals surface area contributed by atoms with E-state index in [-0.39, 0.29) is 23.4 Å². The molecule has 1 aliphatic heterocycles. The SMILES string of the molecule is CCCOC(=O)C(c1ccccc1)N1C(=O)/C(=C/c2ccc(OCc3ccc(Cl)cc3Cl)c(OCC)c2)SC1=S. The van der Waals surface area contributed by atoms with Gasteiger partial charge in [-0.15, -0.1) is 0 Å². The summed E-state index contributed by atoms with van der Waals surface area (Å²) < 4.78 is 17.5. The number of benzene rings is 3. The molecule has 0 saturated carbocycles. The monoisotopic (exact) mass is 615 g/mol. The number of thioether (sulfide) groups is 1. The third kappa shape index (κ3) is 7.18. The van der Waals surface area contributed by atoms with Crippen molar-refractivity contribution >= 4 is 69.5 Å². The number of thiocarbonyl (C=S) groups is 1. The zero-order chi connectivity index (χ0) is 28.6. The van der Waals surface area contributed by atoms with Crippen LogP contribution in [0.25, 0.3) is 6.08 Å². The first-order valence-electron chi connectivity index (χ1n) is 12.6. The molecule has 0 bridgehead atoms. The Kier molecular flexibility index (Phi) is 10.5. The van der Waals surface area contributed by atoms with Crippen molar-refractivity contribution in [2.75, 3.05) is 13.2 Å². The molecule has 0 radical (unpaired) electrons. The third-order valence-corrected chi connectivity index (χ3v) is 7.75. The van der Waals surface area contributed by atoms with Gasteiger partial charge in [0.2, 0.25) is 0 Å². The van der Waals surface area contributed by atoms with E-state index in [4.69, 9.17) is 49.6 Å². The maximum Gasteiger partial charge on any atom is 0.333 e. The average Bonchev–Trinajstić information content (AvgIpc) is 3.21. The van der Waals surface area contributed by atoms with E-state index < -0.39 is 12.0 Å². The Morgan fingerprint density at radius 1 is 1.02 bits per heavy atom. The van der Waals surface area contributed by atoms with Crippen LogP contribution in [0.4, 0.5) is 0 Å². The van der Waals surface area contributed by atoms with Gasteiger partial charge in [-0.3, -0.25) is 9.69 Å². The van der Waals surface area contributed by atoms with E-state index in [1.807, 2.05) is 44.2 Å². The molecular weight excluding hydrogens is 589 g/mol. The molecule has 3 aromatic carbocycles. The zero-order valence-electron chi connectivity index (χ0n) is 21.9. The van der Waals surface area contributed by atoms with Gasteiger partial charge in [-0.25, -0.2) is 4.79 Å². The Balaban J connectivity index is 1.58.